The van der Waals surface area contributed by atoms with Crippen molar-refractivity contribution in [3.63, 3.8) is 0 Å². The molecular formula is C25H31N3O. The molecule has 29 heavy (non-hydrogen) atoms. The van der Waals surface area contributed by atoms with Gasteiger partial charge in [-0.1, -0.05) is 60.7 Å². The van der Waals surface area contributed by atoms with E-state index in [1.54, 1.807) is 0 Å². The number of rotatable bonds is 6. The van der Waals surface area contributed by atoms with E-state index in [2.05, 4.69) is 84.2 Å². The standard InChI is InChI=1S/C25H31N3O/c1-3-29-25-24(21-13-8-5-9-14-21)23(19-20-11-6-4-7-12-20)26-28(25)22-15-10-17-27(2)18-16-22/h4-9,11-14,22H,3,10,15-19H2,1-2H3. The van der Waals surface area contributed by atoms with Gasteiger partial charge in [-0.25, -0.2) is 4.68 Å². The minimum absolute atomic E-state index is 0.383. The maximum Gasteiger partial charge on any atom is 0.220 e. The molecule has 0 bridgehead atoms. The van der Waals surface area contributed by atoms with Crippen molar-refractivity contribution < 1.29 is 4.74 Å². The molecule has 0 radical (unpaired) electrons. The minimum atomic E-state index is 0.383. The average Bonchev–Trinajstić information content (AvgIpc) is 2.94. The highest BCUT2D eigenvalue weighted by atomic mass is 16.5. The maximum absolute atomic E-state index is 6.25. The number of ether oxygens (including phenoxy) is 1. The van der Waals surface area contributed by atoms with E-state index in [-0.39, 0.29) is 0 Å². The summed E-state index contributed by atoms with van der Waals surface area (Å²) in [5, 5.41) is 5.16. The van der Waals surface area contributed by atoms with E-state index < -0.39 is 0 Å². The summed E-state index contributed by atoms with van der Waals surface area (Å²) < 4.78 is 8.45. The number of nitrogens with zero attached hydrogens (tertiary/aromatic N) is 3. The van der Waals surface area contributed by atoms with Crippen LogP contribution in [-0.4, -0.2) is 41.4 Å². The SMILES string of the molecule is CCOc1c(-c2ccccc2)c(Cc2ccccc2)nn1C1CCCN(C)CC1. The number of hydrogen-bond donors (Lipinski definition) is 0. The zero-order chi connectivity index (χ0) is 20.1. The summed E-state index contributed by atoms with van der Waals surface area (Å²) in [4.78, 5) is 2.42. The van der Waals surface area contributed by atoms with Crippen molar-refractivity contribution in [1.82, 2.24) is 14.7 Å². The second-order valence-electron chi connectivity index (χ2n) is 7.92. The highest BCUT2D eigenvalue weighted by molar-refractivity contribution is 5.72. The third-order valence-corrected chi connectivity index (χ3v) is 5.76. The van der Waals surface area contributed by atoms with Gasteiger partial charge in [-0.3, -0.25) is 0 Å². The van der Waals surface area contributed by atoms with Crippen LogP contribution in [0.4, 0.5) is 0 Å². The summed E-state index contributed by atoms with van der Waals surface area (Å²) in [6.07, 6.45) is 4.26. The summed E-state index contributed by atoms with van der Waals surface area (Å²) in [5.41, 5.74) is 4.70. The molecule has 3 aromatic rings. The summed E-state index contributed by atoms with van der Waals surface area (Å²) in [7, 11) is 2.21. The Labute approximate surface area is 174 Å². The molecule has 1 aliphatic rings. The molecular weight excluding hydrogens is 358 g/mol. The van der Waals surface area contributed by atoms with Crippen LogP contribution in [0, 0.1) is 0 Å². The van der Waals surface area contributed by atoms with E-state index in [1.165, 1.54) is 17.5 Å². The van der Waals surface area contributed by atoms with Gasteiger partial charge >= 0.3 is 0 Å². The molecule has 1 saturated heterocycles. The Morgan fingerprint density at radius 3 is 2.41 bits per heavy atom. The van der Waals surface area contributed by atoms with Gasteiger partial charge in [0.15, 0.2) is 0 Å². The lowest BCUT2D eigenvalue weighted by molar-refractivity contribution is 0.273. The topological polar surface area (TPSA) is 30.3 Å². The van der Waals surface area contributed by atoms with Crippen LogP contribution in [0.25, 0.3) is 11.1 Å². The first-order chi connectivity index (χ1) is 14.3. The van der Waals surface area contributed by atoms with Crippen molar-refractivity contribution in [1.29, 1.82) is 0 Å². The van der Waals surface area contributed by atoms with Crippen LogP contribution in [0.2, 0.25) is 0 Å². The van der Waals surface area contributed by atoms with Gasteiger partial charge in [0.05, 0.1) is 23.9 Å². The first kappa shape index (κ1) is 19.7. The van der Waals surface area contributed by atoms with Crippen molar-refractivity contribution in [3.05, 3.63) is 71.9 Å². The molecule has 2 aromatic carbocycles. The van der Waals surface area contributed by atoms with E-state index in [0.717, 1.165) is 49.5 Å². The van der Waals surface area contributed by atoms with Gasteiger partial charge in [-0.15, -0.1) is 0 Å². The van der Waals surface area contributed by atoms with Gasteiger partial charge < -0.3 is 9.64 Å². The summed E-state index contributed by atoms with van der Waals surface area (Å²) in [6, 6.07) is 21.6. The third kappa shape index (κ3) is 4.54. The first-order valence-corrected chi connectivity index (χ1v) is 10.8. The van der Waals surface area contributed by atoms with Gasteiger partial charge in [0, 0.05) is 6.42 Å². The molecule has 4 rings (SSSR count). The zero-order valence-electron chi connectivity index (χ0n) is 17.6. The summed E-state index contributed by atoms with van der Waals surface area (Å²) >= 11 is 0. The Balaban J connectivity index is 1.80. The molecule has 0 amide bonds. The van der Waals surface area contributed by atoms with Crippen LogP contribution < -0.4 is 4.74 Å². The van der Waals surface area contributed by atoms with Crippen LogP contribution >= 0.6 is 0 Å². The second kappa shape index (κ2) is 9.27. The lowest BCUT2D eigenvalue weighted by Gasteiger charge is -2.19. The van der Waals surface area contributed by atoms with Gasteiger partial charge in [-0.05, 0) is 57.5 Å². The Morgan fingerprint density at radius 2 is 1.69 bits per heavy atom. The van der Waals surface area contributed by atoms with E-state index in [4.69, 9.17) is 9.84 Å². The highest BCUT2D eigenvalue weighted by Gasteiger charge is 2.26. The fourth-order valence-corrected chi connectivity index (χ4v) is 4.26. The van der Waals surface area contributed by atoms with Crippen molar-refractivity contribution in [2.75, 3.05) is 26.7 Å². The largest absolute Gasteiger partial charge is 0.478 e. The molecule has 1 aliphatic heterocycles. The minimum Gasteiger partial charge on any atom is -0.478 e. The van der Waals surface area contributed by atoms with Crippen LogP contribution in [0.1, 0.15) is 43.5 Å². The molecule has 0 spiro atoms. The maximum atomic E-state index is 6.25. The molecule has 0 N–H and O–H groups in total. The van der Waals surface area contributed by atoms with E-state index in [9.17, 15) is 0 Å². The van der Waals surface area contributed by atoms with Crippen LogP contribution in [-0.2, 0) is 6.42 Å². The first-order valence-electron chi connectivity index (χ1n) is 10.8. The molecule has 1 aromatic heterocycles. The lowest BCUT2D eigenvalue weighted by Crippen LogP contribution is -2.20. The Kier molecular flexibility index (Phi) is 6.30. The molecule has 4 nitrogen and oxygen atoms in total. The zero-order valence-corrected chi connectivity index (χ0v) is 17.6. The number of hydrogen-bond acceptors (Lipinski definition) is 3. The lowest BCUT2D eigenvalue weighted by atomic mass is 10.0. The third-order valence-electron chi connectivity index (χ3n) is 5.76. The molecule has 1 fully saturated rings. The second-order valence-corrected chi connectivity index (χ2v) is 7.92. The quantitative estimate of drug-likeness (QED) is 0.581. The van der Waals surface area contributed by atoms with Gasteiger partial charge in [0.25, 0.3) is 0 Å². The monoisotopic (exact) mass is 389 g/mol. The predicted molar refractivity (Wildman–Crippen MR) is 118 cm³/mol. The van der Waals surface area contributed by atoms with E-state index in [1.807, 2.05) is 0 Å². The average molecular weight is 390 g/mol. The number of likely N-dealkylation sites (tertiary alicyclic amines) is 1. The number of aromatic nitrogens is 2. The van der Waals surface area contributed by atoms with Crippen molar-refractivity contribution in [2.45, 2.75) is 38.6 Å². The van der Waals surface area contributed by atoms with Crippen molar-refractivity contribution in [3.8, 4) is 17.0 Å². The molecule has 152 valence electrons. The fourth-order valence-electron chi connectivity index (χ4n) is 4.26. The normalized spacial score (nSPS) is 17.8. The Morgan fingerprint density at radius 1 is 0.966 bits per heavy atom. The molecule has 4 heteroatoms. The number of benzene rings is 2. The molecule has 1 unspecified atom stereocenters. The van der Waals surface area contributed by atoms with Crippen LogP contribution in [0.15, 0.2) is 60.7 Å². The summed E-state index contributed by atoms with van der Waals surface area (Å²) in [5.74, 6) is 0.930. The predicted octanol–water partition coefficient (Wildman–Crippen LogP) is 5.20. The van der Waals surface area contributed by atoms with Crippen molar-refractivity contribution in [2.24, 2.45) is 0 Å². The Hall–Kier alpha value is -2.59. The van der Waals surface area contributed by atoms with Crippen LogP contribution in [0.3, 0.4) is 0 Å². The molecule has 0 saturated carbocycles. The van der Waals surface area contributed by atoms with Crippen LogP contribution in [0.5, 0.6) is 5.88 Å². The molecule has 2 heterocycles. The molecule has 0 aliphatic carbocycles. The smallest absolute Gasteiger partial charge is 0.220 e. The van der Waals surface area contributed by atoms with Crippen molar-refractivity contribution >= 4 is 0 Å². The molecule has 1 atom stereocenters. The van der Waals surface area contributed by atoms with Gasteiger partial charge in [0.2, 0.25) is 5.88 Å². The van der Waals surface area contributed by atoms with E-state index >= 15 is 0 Å². The van der Waals surface area contributed by atoms with E-state index in [0.29, 0.717) is 12.6 Å². The highest BCUT2D eigenvalue weighted by Crippen LogP contribution is 2.38. The Bertz CT molecular complexity index is 905. The van der Waals surface area contributed by atoms with Gasteiger partial charge in [-0.2, -0.15) is 5.10 Å². The van der Waals surface area contributed by atoms with Gasteiger partial charge in [0.1, 0.15) is 0 Å². The summed E-state index contributed by atoms with van der Waals surface area (Å²) in [6.45, 7) is 4.96. The fraction of sp³-hybridized carbons (Fsp3) is 0.400.